The Labute approximate surface area is 340 Å². The number of anilines is 2. The molecule has 7 N–H and O–H groups in total. The average molecular weight is 833 g/mol. The molecule has 310 valence electrons. The number of nitrogens with zero attached hydrogens (tertiary/aromatic N) is 8. The van der Waals surface area contributed by atoms with Crippen LogP contribution in [0.2, 0.25) is 5.15 Å². The van der Waals surface area contributed by atoms with E-state index in [0.717, 1.165) is 0 Å². The number of hydrogen-bond donors (Lipinski definition) is 5. The largest absolute Gasteiger partial charge is 0.479 e. The summed E-state index contributed by atoms with van der Waals surface area (Å²) >= 11 is 6.24. The second-order valence-electron chi connectivity index (χ2n) is 14.1. The predicted octanol–water partition coefficient (Wildman–Crippen LogP) is 2.63. The zero-order chi connectivity index (χ0) is 42.2. The van der Waals surface area contributed by atoms with Crippen LogP contribution in [0.3, 0.4) is 0 Å². The number of fused-ring (bicyclic) bond motifs is 2. The highest BCUT2D eigenvalue weighted by atomic mass is 35.5. The van der Waals surface area contributed by atoms with Crippen molar-refractivity contribution in [3.63, 3.8) is 0 Å². The Balaban J connectivity index is 0.000000204. The number of aliphatic hydroxyl groups is 3. The first-order valence-electron chi connectivity index (χ1n) is 18.3. The van der Waals surface area contributed by atoms with E-state index in [9.17, 15) is 24.9 Å². The van der Waals surface area contributed by atoms with Crippen molar-refractivity contribution in [3.05, 3.63) is 89.6 Å². The topological polar surface area (TPSA) is 280 Å². The van der Waals surface area contributed by atoms with Crippen molar-refractivity contribution >= 4 is 57.8 Å². The van der Waals surface area contributed by atoms with E-state index in [1.165, 1.54) is 31.3 Å². The molecular formula is C38H41ClN10O10. The van der Waals surface area contributed by atoms with Gasteiger partial charge in [-0.1, -0.05) is 54.9 Å². The monoisotopic (exact) mass is 832 g/mol. The van der Waals surface area contributed by atoms with E-state index in [4.69, 9.17) is 46.8 Å². The van der Waals surface area contributed by atoms with Crippen LogP contribution in [0.1, 0.15) is 60.4 Å². The third-order valence-corrected chi connectivity index (χ3v) is 10.4. The van der Waals surface area contributed by atoms with Gasteiger partial charge in [0.2, 0.25) is 17.8 Å². The molecule has 2 fully saturated rings. The van der Waals surface area contributed by atoms with E-state index in [1.807, 2.05) is 6.92 Å². The van der Waals surface area contributed by atoms with E-state index >= 15 is 0 Å². The first kappa shape index (κ1) is 41.1. The number of carbonyl (C=O) groups excluding carboxylic acids is 2. The Morgan fingerprint density at radius 1 is 0.831 bits per heavy atom. The Morgan fingerprint density at radius 3 is 1.95 bits per heavy atom. The van der Waals surface area contributed by atoms with Crippen LogP contribution in [-0.2, 0) is 18.9 Å². The summed E-state index contributed by atoms with van der Waals surface area (Å²) in [4.78, 5) is 51.1. The second kappa shape index (κ2) is 16.3. The van der Waals surface area contributed by atoms with Crippen LogP contribution in [0.4, 0.5) is 11.9 Å². The van der Waals surface area contributed by atoms with Gasteiger partial charge in [0.1, 0.15) is 29.4 Å². The van der Waals surface area contributed by atoms with Crippen molar-refractivity contribution in [1.29, 1.82) is 0 Å². The molecule has 0 bridgehead atoms. The van der Waals surface area contributed by atoms with Crippen LogP contribution >= 0.6 is 11.6 Å². The van der Waals surface area contributed by atoms with Gasteiger partial charge in [0.05, 0.1) is 37.5 Å². The first-order valence-corrected chi connectivity index (χ1v) is 18.7. The molecule has 6 heterocycles. The molecule has 2 aromatic carbocycles. The van der Waals surface area contributed by atoms with Crippen molar-refractivity contribution in [3.8, 4) is 5.88 Å². The fourth-order valence-electron chi connectivity index (χ4n) is 7.11. The highest BCUT2D eigenvalue weighted by molar-refractivity contribution is 6.33. The number of nitrogens with two attached hydrogens (primary N) is 2. The van der Waals surface area contributed by atoms with Gasteiger partial charge in [-0.2, -0.15) is 19.9 Å². The molecule has 8 rings (SSSR count). The minimum atomic E-state index is -1.64. The number of esters is 2. The van der Waals surface area contributed by atoms with Crippen molar-refractivity contribution in [1.82, 2.24) is 39.0 Å². The number of methoxy groups -OCH3 is 1. The van der Waals surface area contributed by atoms with Crippen LogP contribution in [-0.4, -0.2) is 116 Å². The van der Waals surface area contributed by atoms with Gasteiger partial charge in [-0.3, -0.25) is 9.13 Å². The smallest absolute Gasteiger partial charge is 0.338 e. The molecule has 4 aromatic heterocycles. The molecular weight excluding hydrogens is 792 g/mol. The summed E-state index contributed by atoms with van der Waals surface area (Å²) in [6.45, 7) is 4.53. The van der Waals surface area contributed by atoms with Crippen LogP contribution in [0.25, 0.3) is 22.3 Å². The molecule has 6 aromatic rings. The molecule has 0 amide bonds. The molecule has 0 radical (unpaired) electrons. The first-order chi connectivity index (χ1) is 28.2. The lowest BCUT2D eigenvalue weighted by Gasteiger charge is -2.34. The minimum absolute atomic E-state index is 0.0250. The third kappa shape index (κ3) is 7.57. The molecule has 2 saturated heterocycles. The van der Waals surface area contributed by atoms with E-state index in [2.05, 4.69) is 29.9 Å². The highest BCUT2D eigenvalue weighted by Gasteiger charge is 2.60. The van der Waals surface area contributed by atoms with Crippen LogP contribution in [0, 0.1) is 0 Å². The standard InChI is InChI=1S/C26H24ClN5O5.C12H17N5O5/c1-3-17-19(36-22(33)15-10-6-4-7-11-15)26(2,37-23(34)16-12-8-5-9-13-16)24(35-17)32-14-29-18-20(27)30-25(28)31-21(18)32;1-12(20)7(19)5(3-18)22-10(12)17-4-14-6-8(17)15-11(13)16-9(6)21-2/h4-14,17,19,24H,3H2,1-2H3,(H2,28,30,31);4-5,7,10,18-20H,3H2,1-2H3,(H2,13,15,16)/t17-,19?,24-,26+;5-,7?,10-,12+/m11/s1. The van der Waals surface area contributed by atoms with Crippen LogP contribution in [0.15, 0.2) is 73.3 Å². The SMILES string of the molecule is CC[C@H]1O[C@@H](n2cnc3c(Cl)nc(N)nc32)[C@@](C)(OC(=O)c2ccccc2)C1OC(=O)c1ccccc1.COc1nc(N)nc2c1ncn2[C@@H]1O[C@H](CO)C(O)[C@]1(C)O. The molecule has 59 heavy (non-hydrogen) atoms. The third-order valence-electron chi connectivity index (χ3n) is 10.1. The molecule has 0 spiro atoms. The number of aromatic nitrogens is 8. The molecule has 0 saturated carbocycles. The highest BCUT2D eigenvalue weighted by Crippen LogP contribution is 2.46. The minimum Gasteiger partial charge on any atom is -0.479 e. The van der Waals surface area contributed by atoms with Gasteiger partial charge in [0, 0.05) is 0 Å². The normalized spacial score (nSPS) is 26.4. The van der Waals surface area contributed by atoms with Crippen molar-refractivity contribution in [2.24, 2.45) is 0 Å². The van der Waals surface area contributed by atoms with Crippen molar-refractivity contribution in [2.75, 3.05) is 25.2 Å². The maximum atomic E-state index is 13.3. The van der Waals surface area contributed by atoms with Gasteiger partial charge in [0.25, 0.3) is 0 Å². The van der Waals surface area contributed by atoms with E-state index in [-0.39, 0.29) is 28.6 Å². The fraction of sp³-hybridized carbons (Fsp3) is 0.368. The summed E-state index contributed by atoms with van der Waals surface area (Å²) in [6, 6.07) is 17.1. The summed E-state index contributed by atoms with van der Waals surface area (Å²) < 4.78 is 32.1. The van der Waals surface area contributed by atoms with Gasteiger partial charge in [-0.25, -0.2) is 19.6 Å². The Morgan fingerprint density at radius 2 is 1.37 bits per heavy atom. The average Bonchev–Trinajstić information content (AvgIpc) is 3.96. The number of aliphatic hydroxyl groups excluding tert-OH is 2. The number of hydrogen-bond acceptors (Lipinski definition) is 18. The number of rotatable bonds is 9. The lowest BCUT2D eigenvalue weighted by atomic mass is 9.94. The maximum Gasteiger partial charge on any atom is 0.338 e. The summed E-state index contributed by atoms with van der Waals surface area (Å²) in [5, 5.41) is 29.9. The molecule has 0 aliphatic carbocycles. The Kier molecular flexibility index (Phi) is 11.4. The molecule has 21 heteroatoms. The molecule has 20 nitrogen and oxygen atoms in total. The van der Waals surface area contributed by atoms with Gasteiger partial charge in [-0.15, -0.1) is 0 Å². The lowest BCUT2D eigenvalue weighted by Crippen LogP contribution is -2.49. The summed E-state index contributed by atoms with van der Waals surface area (Å²) in [5.41, 5.74) is 10.3. The number of imidazole rings is 2. The number of ether oxygens (including phenoxy) is 5. The number of halogens is 1. The van der Waals surface area contributed by atoms with Gasteiger partial charge in [-0.05, 0) is 44.5 Å². The summed E-state index contributed by atoms with van der Waals surface area (Å²) in [5.74, 6) is -1.06. The number of benzene rings is 2. The predicted molar refractivity (Wildman–Crippen MR) is 209 cm³/mol. The van der Waals surface area contributed by atoms with Crippen molar-refractivity contribution in [2.45, 2.75) is 75.3 Å². The number of carbonyl (C=O) groups is 2. The quantitative estimate of drug-likeness (QED) is 0.103. The van der Waals surface area contributed by atoms with E-state index in [0.29, 0.717) is 34.2 Å². The lowest BCUT2D eigenvalue weighted by molar-refractivity contribution is -0.108. The van der Waals surface area contributed by atoms with E-state index in [1.54, 1.807) is 72.2 Å². The van der Waals surface area contributed by atoms with Gasteiger partial charge in [0.15, 0.2) is 46.1 Å². The number of nitrogen functional groups attached to an aromatic ring is 2. The van der Waals surface area contributed by atoms with Crippen LogP contribution < -0.4 is 16.2 Å². The molecule has 2 unspecified atom stereocenters. The summed E-state index contributed by atoms with van der Waals surface area (Å²) in [6.07, 6.45) is -2.43. The second-order valence-corrected chi connectivity index (χ2v) is 14.4. The molecule has 8 atom stereocenters. The maximum absolute atomic E-state index is 13.3. The van der Waals surface area contributed by atoms with Gasteiger partial charge < -0.3 is 50.5 Å². The molecule has 2 aliphatic rings. The van der Waals surface area contributed by atoms with Crippen LogP contribution in [0.5, 0.6) is 5.88 Å². The zero-order valence-electron chi connectivity index (χ0n) is 32.1. The zero-order valence-corrected chi connectivity index (χ0v) is 32.9. The molecule has 2 aliphatic heterocycles. The Hall–Kier alpha value is -6.03. The fourth-order valence-corrected chi connectivity index (χ4v) is 7.33. The van der Waals surface area contributed by atoms with Crippen molar-refractivity contribution < 1.29 is 48.6 Å². The van der Waals surface area contributed by atoms with Gasteiger partial charge >= 0.3 is 11.9 Å². The van der Waals surface area contributed by atoms with E-state index < -0.39 is 66.6 Å². The Bertz CT molecular complexity index is 2470. The summed E-state index contributed by atoms with van der Waals surface area (Å²) in [7, 11) is 1.42.